The molecule has 0 aliphatic carbocycles. The van der Waals surface area contributed by atoms with Crippen LogP contribution in [0.4, 0.5) is 11.6 Å². The maximum atomic E-state index is 11.4. The quantitative estimate of drug-likeness (QED) is 0.741. The molecule has 1 aliphatic heterocycles. The molecule has 1 saturated heterocycles. The van der Waals surface area contributed by atoms with Gasteiger partial charge in [-0.15, -0.1) is 0 Å². The minimum absolute atomic E-state index is 0.122. The van der Waals surface area contributed by atoms with Gasteiger partial charge in [0.2, 0.25) is 5.91 Å². The molecule has 0 atom stereocenters. The van der Waals surface area contributed by atoms with E-state index in [1.54, 1.807) is 20.4 Å². The molecular weight excluding hydrogens is 346 g/mol. The van der Waals surface area contributed by atoms with Crippen LogP contribution in [0.1, 0.15) is 6.92 Å². The minimum atomic E-state index is 0.122. The highest BCUT2D eigenvalue weighted by Crippen LogP contribution is 2.18. The summed E-state index contributed by atoms with van der Waals surface area (Å²) in [5.41, 5.74) is 0. The first-order valence-electron chi connectivity index (χ1n) is 8.99. The Bertz CT molecular complexity index is 745. The van der Waals surface area contributed by atoms with Gasteiger partial charge in [-0.2, -0.15) is 0 Å². The van der Waals surface area contributed by atoms with Gasteiger partial charge in [0.1, 0.15) is 36.1 Å². The fourth-order valence-corrected chi connectivity index (χ4v) is 2.89. The van der Waals surface area contributed by atoms with Gasteiger partial charge in [0.25, 0.3) is 0 Å². The number of carbonyl (C=O) groups is 1. The number of nitrogens with one attached hydrogen (secondary N) is 1. The van der Waals surface area contributed by atoms with Crippen LogP contribution in [0.5, 0.6) is 11.5 Å². The largest absolute Gasteiger partial charge is 0.497 e. The van der Waals surface area contributed by atoms with Crippen LogP contribution in [-0.2, 0) is 4.79 Å². The number of hydrogen-bond acceptors (Lipinski definition) is 7. The number of benzene rings is 1. The molecule has 0 unspecified atom stereocenters. The standard InChI is InChI=1S/C19H25N5O3/c1-15(25)23-8-10-24(11-9-23)19-13-18(21-14-22-19)20-7-12-27-17-5-3-16(26-2)4-6-17/h3-6,13-14H,7-12H2,1-2H3,(H,20,21,22). The summed E-state index contributed by atoms with van der Waals surface area (Å²) in [6, 6.07) is 9.41. The van der Waals surface area contributed by atoms with Crippen molar-refractivity contribution in [3.05, 3.63) is 36.7 Å². The van der Waals surface area contributed by atoms with E-state index in [4.69, 9.17) is 9.47 Å². The molecule has 2 aromatic rings. The third-order valence-corrected chi connectivity index (χ3v) is 4.44. The Morgan fingerprint density at radius 2 is 1.81 bits per heavy atom. The topological polar surface area (TPSA) is 79.8 Å². The molecule has 1 aliphatic rings. The summed E-state index contributed by atoms with van der Waals surface area (Å²) in [5.74, 6) is 3.35. The number of methoxy groups -OCH3 is 1. The predicted molar refractivity (Wildman–Crippen MR) is 103 cm³/mol. The molecule has 1 fully saturated rings. The van der Waals surface area contributed by atoms with Gasteiger partial charge in [0.05, 0.1) is 13.7 Å². The molecule has 0 bridgehead atoms. The number of hydrogen-bond donors (Lipinski definition) is 1. The van der Waals surface area contributed by atoms with Crippen LogP contribution >= 0.6 is 0 Å². The average Bonchev–Trinajstić information content (AvgIpc) is 2.72. The second-order valence-electron chi connectivity index (χ2n) is 6.21. The number of carbonyl (C=O) groups excluding carboxylic acids is 1. The number of aromatic nitrogens is 2. The summed E-state index contributed by atoms with van der Waals surface area (Å²) in [6.45, 7) is 5.74. The molecule has 0 radical (unpaired) electrons. The highest BCUT2D eigenvalue weighted by molar-refractivity contribution is 5.73. The number of anilines is 2. The van der Waals surface area contributed by atoms with Crippen molar-refractivity contribution < 1.29 is 14.3 Å². The van der Waals surface area contributed by atoms with Gasteiger partial charge < -0.3 is 24.6 Å². The fraction of sp³-hybridized carbons (Fsp3) is 0.421. The lowest BCUT2D eigenvalue weighted by Crippen LogP contribution is -2.48. The van der Waals surface area contributed by atoms with Crippen LogP contribution in [-0.4, -0.2) is 67.2 Å². The van der Waals surface area contributed by atoms with E-state index in [2.05, 4.69) is 20.2 Å². The lowest BCUT2D eigenvalue weighted by atomic mass is 10.3. The summed E-state index contributed by atoms with van der Waals surface area (Å²) < 4.78 is 10.8. The van der Waals surface area contributed by atoms with Gasteiger partial charge in [0.15, 0.2) is 0 Å². The Morgan fingerprint density at radius 1 is 1.11 bits per heavy atom. The Morgan fingerprint density at radius 3 is 2.48 bits per heavy atom. The smallest absolute Gasteiger partial charge is 0.219 e. The number of amides is 1. The second kappa shape index (κ2) is 9.07. The van der Waals surface area contributed by atoms with E-state index in [1.165, 1.54) is 0 Å². The SMILES string of the molecule is COc1ccc(OCCNc2cc(N3CCN(C(C)=O)CC3)ncn2)cc1. The van der Waals surface area contributed by atoms with Gasteiger partial charge in [0, 0.05) is 39.2 Å². The molecule has 144 valence electrons. The van der Waals surface area contributed by atoms with Crippen molar-refractivity contribution in [2.75, 3.05) is 56.7 Å². The van der Waals surface area contributed by atoms with E-state index < -0.39 is 0 Å². The van der Waals surface area contributed by atoms with Gasteiger partial charge in [-0.05, 0) is 24.3 Å². The number of ether oxygens (including phenoxy) is 2. The summed E-state index contributed by atoms with van der Waals surface area (Å²) >= 11 is 0. The van der Waals surface area contributed by atoms with Crippen molar-refractivity contribution >= 4 is 17.5 Å². The van der Waals surface area contributed by atoms with Gasteiger partial charge >= 0.3 is 0 Å². The van der Waals surface area contributed by atoms with Crippen molar-refractivity contribution in [1.29, 1.82) is 0 Å². The Kier molecular flexibility index (Phi) is 6.30. The minimum Gasteiger partial charge on any atom is -0.497 e. The Hall–Kier alpha value is -3.03. The first-order valence-corrected chi connectivity index (χ1v) is 8.99. The van der Waals surface area contributed by atoms with Crippen molar-refractivity contribution in [3.8, 4) is 11.5 Å². The van der Waals surface area contributed by atoms with Crippen LogP contribution < -0.4 is 19.7 Å². The number of nitrogens with zero attached hydrogens (tertiary/aromatic N) is 4. The monoisotopic (exact) mass is 371 g/mol. The predicted octanol–water partition coefficient (Wildman–Crippen LogP) is 1.64. The molecule has 27 heavy (non-hydrogen) atoms. The summed E-state index contributed by atoms with van der Waals surface area (Å²) in [5, 5.41) is 3.25. The first-order chi connectivity index (χ1) is 13.2. The van der Waals surface area contributed by atoms with E-state index in [9.17, 15) is 4.79 Å². The van der Waals surface area contributed by atoms with E-state index in [0.29, 0.717) is 13.2 Å². The van der Waals surface area contributed by atoms with Crippen molar-refractivity contribution in [2.24, 2.45) is 0 Å². The van der Waals surface area contributed by atoms with Crippen LogP contribution in [0.15, 0.2) is 36.7 Å². The van der Waals surface area contributed by atoms with Crippen LogP contribution in [0.3, 0.4) is 0 Å². The van der Waals surface area contributed by atoms with E-state index in [0.717, 1.165) is 49.3 Å². The highest BCUT2D eigenvalue weighted by atomic mass is 16.5. The zero-order valence-corrected chi connectivity index (χ0v) is 15.7. The molecule has 8 heteroatoms. The fourth-order valence-electron chi connectivity index (χ4n) is 2.89. The first kappa shape index (κ1) is 18.8. The second-order valence-corrected chi connectivity index (χ2v) is 6.21. The third-order valence-electron chi connectivity index (χ3n) is 4.44. The van der Waals surface area contributed by atoms with Crippen molar-refractivity contribution in [1.82, 2.24) is 14.9 Å². The molecular formula is C19H25N5O3. The molecule has 0 spiro atoms. The highest BCUT2D eigenvalue weighted by Gasteiger charge is 2.19. The van der Waals surface area contributed by atoms with E-state index in [-0.39, 0.29) is 5.91 Å². The molecule has 2 heterocycles. The van der Waals surface area contributed by atoms with Crippen molar-refractivity contribution in [2.45, 2.75) is 6.92 Å². The molecule has 8 nitrogen and oxygen atoms in total. The zero-order valence-electron chi connectivity index (χ0n) is 15.7. The van der Waals surface area contributed by atoms with Crippen LogP contribution in [0.25, 0.3) is 0 Å². The normalized spacial score (nSPS) is 14.0. The van der Waals surface area contributed by atoms with E-state index >= 15 is 0 Å². The lowest BCUT2D eigenvalue weighted by molar-refractivity contribution is -0.129. The Balaban J connectivity index is 1.45. The summed E-state index contributed by atoms with van der Waals surface area (Å²) in [7, 11) is 1.64. The maximum absolute atomic E-state index is 11.4. The van der Waals surface area contributed by atoms with Crippen LogP contribution in [0.2, 0.25) is 0 Å². The number of piperazine rings is 1. The zero-order chi connectivity index (χ0) is 19.1. The van der Waals surface area contributed by atoms with Gasteiger partial charge in [-0.3, -0.25) is 4.79 Å². The van der Waals surface area contributed by atoms with Crippen LogP contribution in [0, 0.1) is 0 Å². The lowest BCUT2D eigenvalue weighted by Gasteiger charge is -2.34. The molecule has 1 aromatic heterocycles. The molecule has 1 N–H and O–H groups in total. The number of rotatable bonds is 7. The average molecular weight is 371 g/mol. The van der Waals surface area contributed by atoms with Gasteiger partial charge in [-0.25, -0.2) is 9.97 Å². The van der Waals surface area contributed by atoms with Crippen molar-refractivity contribution in [3.63, 3.8) is 0 Å². The molecule has 0 saturated carbocycles. The molecule has 1 aromatic carbocycles. The molecule has 3 rings (SSSR count). The maximum Gasteiger partial charge on any atom is 0.219 e. The summed E-state index contributed by atoms with van der Waals surface area (Å²) in [6.07, 6.45) is 1.55. The van der Waals surface area contributed by atoms with Gasteiger partial charge in [-0.1, -0.05) is 0 Å². The van der Waals surface area contributed by atoms with E-state index in [1.807, 2.05) is 35.2 Å². The third kappa shape index (κ3) is 5.22. The summed E-state index contributed by atoms with van der Waals surface area (Å²) in [4.78, 5) is 24.1. The Labute approximate surface area is 159 Å². The molecule has 1 amide bonds.